The molecule has 0 bridgehead atoms. The van der Waals surface area contributed by atoms with Gasteiger partial charge in [-0.05, 0) is 30.6 Å². The third-order valence-electron chi connectivity index (χ3n) is 3.56. The Morgan fingerprint density at radius 1 is 1.47 bits per heavy atom. The zero-order valence-corrected chi connectivity index (χ0v) is 10.1. The first-order valence-corrected chi connectivity index (χ1v) is 6.02. The van der Waals surface area contributed by atoms with E-state index in [4.69, 9.17) is 5.73 Å². The summed E-state index contributed by atoms with van der Waals surface area (Å²) in [4.78, 5) is 10.8. The molecule has 0 saturated heterocycles. The molecule has 0 radical (unpaired) electrons. The first kappa shape index (κ1) is 12.5. The van der Waals surface area contributed by atoms with E-state index in [9.17, 15) is 4.79 Å². The van der Waals surface area contributed by atoms with Crippen molar-refractivity contribution in [1.29, 1.82) is 0 Å². The Kier molecular flexibility index (Phi) is 4.58. The van der Waals surface area contributed by atoms with Crippen LogP contribution in [0.4, 0.5) is 0 Å². The summed E-state index contributed by atoms with van der Waals surface area (Å²) < 4.78 is 0. The van der Waals surface area contributed by atoms with Gasteiger partial charge in [0.1, 0.15) is 0 Å². The zero-order valence-electron chi connectivity index (χ0n) is 10.1. The Morgan fingerprint density at radius 3 is 2.67 bits per heavy atom. The fraction of sp³-hybridized carbons (Fsp3) is 0.917. The van der Waals surface area contributed by atoms with Crippen molar-refractivity contribution in [3.8, 4) is 0 Å². The molecule has 1 aliphatic carbocycles. The van der Waals surface area contributed by atoms with Crippen LogP contribution in [0, 0.1) is 17.8 Å². The largest absolute Gasteiger partial charge is 0.369 e. The Bertz CT molecular complexity index is 216. The van der Waals surface area contributed by atoms with Crippen LogP contribution in [0.5, 0.6) is 0 Å². The monoisotopic (exact) mass is 212 g/mol. The Labute approximate surface area is 92.8 Å². The number of carbonyl (C=O) groups is 1. The number of hydrogen-bond acceptors (Lipinski definition) is 2. The van der Waals surface area contributed by atoms with Crippen LogP contribution in [-0.2, 0) is 4.79 Å². The van der Waals surface area contributed by atoms with E-state index in [-0.39, 0.29) is 5.91 Å². The highest BCUT2D eigenvalue weighted by Gasteiger charge is 2.30. The lowest BCUT2D eigenvalue weighted by atomic mass is 9.74. The molecule has 1 aliphatic rings. The average Bonchev–Trinajstić information content (AvgIpc) is 2.14. The van der Waals surface area contributed by atoms with E-state index in [1.807, 2.05) is 0 Å². The van der Waals surface area contributed by atoms with Crippen LogP contribution in [0.3, 0.4) is 0 Å². The lowest BCUT2D eigenvalue weighted by Crippen LogP contribution is -2.45. The number of hydrogen-bond donors (Lipinski definition) is 2. The van der Waals surface area contributed by atoms with Crippen molar-refractivity contribution in [2.75, 3.05) is 6.54 Å². The minimum absolute atomic E-state index is 0.254. The number of carbonyl (C=O) groups excluding carboxylic acids is 1. The molecule has 15 heavy (non-hydrogen) atoms. The van der Waals surface area contributed by atoms with Crippen molar-refractivity contribution in [2.24, 2.45) is 23.5 Å². The molecule has 3 unspecified atom stereocenters. The molecule has 88 valence electrons. The normalized spacial score (nSPS) is 31.9. The van der Waals surface area contributed by atoms with Gasteiger partial charge >= 0.3 is 0 Å². The summed E-state index contributed by atoms with van der Waals surface area (Å²) in [6.07, 6.45) is 3.77. The summed E-state index contributed by atoms with van der Waals surface area (Å²) in [6.45, 7) is 7.13. The van der Waals surface area contributed by atoms with Crippen LogP contribution in [0.1, 0.15) is 40.0 Å². The van der Waals surface area contributed by atoms with Gasteiger partial charge in [0.2, 0.25) is 5.91 Å². The van der Waals surface area contributed by atoms with Crippen molar-refractivity contribution >= 4 is 5.91 Å². The van der Waals surface area contributed by atoms with Gasteiger partial charge in [0.05, 0.1) is 6.54 Å². The molecule has 1 amide bonds. The molecule has 1 fully saturated rings. The second kappa shape index (κ2) is 5.50. The minimum atomic E-state index is -0.254. The van der Waals surface area contributed by atoms with Crippen molar-refractivity contribution in [1.82, 2.24) is 5.32 Å². The van der Waals surface area contributed by atoms with E-state index in [0.717, 1.165) is 5.92 Å². The second-order valence-corrected chi connectivity index (χ2v) is 5.28. The van der Waals surface area contributed by atoms with Gasteiger partial charge in [-0.2, -0.15) is 0 Å². The van der Waals surface area contributed by atoms with Gasteiger partial charge in [-0.3, -0.25) is 4.79 Å². The van der Waals surface area contributed by atoms with Gasteiger partial charge in [0.15, 0.2) is 0 Å². The molecule has 3 atom stereocenters. The summed E-state index contributed by atoms with van der Waals surface area (Å²) in [5.41, 5.74) is 5.16. The summed E-state index contributed by atoms with van der Waals surface area (Å²) in [5, 5.41) is 3.31. The van der Waals surface area contributed by atoms with Gasteiger partial charge in [-0.1, -0.05) is 27.2 Å². The third-order valence-corrected chi connectivity index (χ3v) is 3.56. The number of nitrogens with two attached hydrogens (primary N) is 1. The Morgan fingerprint density at radius 2 is 2.13 bits per heavy atom. The number of primary amides is 1. The van der Waals surface area contributed by atoms with E-state index in [1.165, 1.54) is 19.3 Å². The molecule has 0 heterocycles. The highest BCUT2D eigenvalue weighted by molar-refractivity contribution is 5.75. The van der Waals surface area contributed by atoms with Crippen LogP contribution in [0.25, 0.3) is 0 Å². The number of nitrogens with one attached hydrogen (secondary N) is 1. The van der Waals surface area contributed by atoms with E-state index in [2.05, 4.69) is 26.1 Å². The maximum Gasteiger partial charge on any atom is 0.231 e. The highest BCUT2D eigenvalue weighted by Crippen LogP contribution is 2.33. The van der Waals surface area contributed by atoms with Gasteiger partial charge < -0.3 is 11.1 Å². The fourth-order valence-electron chi connectivity index (χ4n) is 2.67. The molecule has 0 spiro atoms. The predicted molar refractivity (Wildman–Crippen MR) is 62.3 cm³/mol. The summed E-state index contributed by atoms with van der Waals surface area (Å²) >= 11 is 0. The molecule has 1 saturated carbocycles. The minimum Gasteiger partial charge on any atom is -0.369 e. The van der Waals surface area contributed by atoms with Crippen molar-refractivity contribution in [2.45, 2.75) is 46.1 Å². The molecule has 3 N–H and O–H groups in total. The molecule has 0 aromatic rings. The van der Waals surface area contributed by atoms with E-state index < -0.39 is 0 Å². The smallest absolute Gasteiger partial charge is 0.231 e. The van der Waals surface area contributed by atoms with E-state index >= 15 is 0 Å². The molecule has 0 aromatic carbocycles. The van der Waals surface area contributed by atoms with Crippen LogP contribution in [0.2, 0.25) is 0 Å². The summed E-state index contributed by atoms with van der Waals surface area (Å²) in [5.74, 6) is 1.89. The maximum absolute atomic E-state index is 10.8. The molecular formula is C12H24N2O. The highest BCUT2D eigenvalue weighted by atomic mass is 16.1. The zero-order chi connectivity index (χ0) is 11.4. The van der Waals surface area contributed by atoms with Gasteiger partial charge in [0.25, 0.3) is 0 Å². The Balaban J connectivity index is 2.50. The molecule has 0 aliphatic heterocycles. The number of rotatable bonds is 4. The van der Waals surface area contributed by atoms with Gasteiger partial charge in [-0.25, -0.2) is 0 Å². The predicted octanol–water partition coefficient (Wildman–Crippen LogP) is 1.52. The van der Waals surface area contributed by atoms with Crippen LogP contribution >= 0.6 is 0 Å². The first-order chi connectivity index (χ1) is 7.00. The molecule has 0 aromatic heterocycles. The standard InChI is InChI=1S/C12H24N2O/c1-8(2)10-5-4-9(3)6-11(10)14-7-12(13)15/h8-11,14H,4-7H2,1-3H3,(H2,13,15). The van der Waals surface area contributed by atoms with Gasteiger partial charge in [-0.15, -0.1) is 0 Å². The topological polar surface area (TPSA) is 55.1 Å². The van der Waals surface area contributed by atoms with Crippen molar-refractivity contribution in [3.05, 3.63) is 0 Å². The second-order valence-electron chi connectivity index (χ2n) is 5.28. The van der Waals surface area contributed by atoms with Crippen LogP contribution in [0.15, 0.2) is 0 Å². The molecule has 1 rings (SSSR count). The quantitative estimate of drug-likeness (QED) is 0.742. The maximum atomic E-state index is 10.8. The lowest BCUT2D eigenvalue weighted by Gasteiger charge is -2.37. The summed E-state index contributed by atoms with van der Waals surface area (Å²) in [6, 6.07) is 0.473. The first-order valence-electron chi connectivity index (χ1n) is 6.02. The van der Waals surface area contributed by atoms with Crippen LogP contribution < -0.4 is 11.1 Å². The molecule has 3 nitrogen and oxygen atoms in total. The van der Waals surface area contributed by atoms with E-state index in [1.54, 1.807) is 0 Å². The van der Waals surface area contributed by atoms with Gasteiger partial charge in [0, 0.05) is 6.04 Å². The number of amides is 1. The SMILES string of the molecule is CC1CCC(C(C)C)C(NCC(N)=O)C1. The molecular weight excluding hydrogens is 188 g/mol. The van der Waals surface area contributed by atoms with Crippen molar-refractivity contribution < 1.29 is 4.79 Å². The third kappa shape index (κ3) is 3.82. The molecule has 3 heteroatoms. The van der Waals surface area contributed by atoms with Crippen molar-refractivity contribution in [3.63, 3.8) is 0 Å². The lowest BCUT2D eigenvalue weighted by molar-refractivity contribution is -0.117. The van der Waals surface area contributed by atoms with Crippen LogP contribution in [-0.4, -0.2) is 18.5 Å². The Hall–Kier alpha value is -0.570. The van der Waals surface area contributed by atoms with E-state index in [0.29, 0.717) is 24.4 Å². The average molecular weight is 212 g/mol. The fourth-order valence-corrected chi connectivity index (χ4v) is 2.67. The summed E-state index contributed by atoms with van der Waals surface area (Å²) in [7, 11) is 0.